The third-order valence-corrected chi connectivity index (χ3v) is 5.24. The van der Waals surface area contributed by atoms with E-state index in [1.807, 2.05) is 29.0 Å². The number of isothiocyanates is 1. The molecule has 0 unspecified atom stereocenters. The molecule has 0 saturated carbocycles. The second kappa shape index (κ2) is 9.27. The minimum Gasteiger partial charge on any atom is -0.491 e. The van der Waals surface area contributed by atoms with Crippen LogP contribution in [0.4, 0.5) is 5.69 Å². The number of nitrogens with zero attached hydrogens (tertiary/aromatic N) is 3. The molecular formula is C21H17Cl2N3O3S. The number of ether oxygens (including phenoxy) is 3. The van der Waals surface area contributed by atoms with Gasteiger partial charge in [-0.2, -0.15) is 4.99 Å². The first-order chi connectivity index (χ1) is 14.6. The second-order valence-electron chi connectivity index (χ2n) is 6.67. The maximum Gasteiger partial charge on any atom is 0.215 e. The van der Waals surface area contributed by atoms with Crippen LogP contribution in [0, 0.1) is 0 Å². The minimum atomic E-state index is -1.08. The summed E-state index contributed by atoms with van der Waals surface area (Å²) in [5.41, 5.74) is 1.42. The molecule has 154 valence electrons. The molecule has 1 saturated heterocycles. The molecule has 1 fully saturated rings. The lowest BCUT2D eigenvalue weighted by Crippen LogP contribution is -2.34. The molecule has 0 spiro atoms. The summed E-state index contributed by atoms with van der Waals surface area (Å²) in [6.07, 6.45) is 4.95. The average molecular weight is 462 g/mol. The number of hydrogen-bond donors (Lipinski definition) is 0. The standard InChI is InChI=1S/C21H17Cl2N3O3S/c22-15-1-6-19(20(23)9-15)21(12-26-8-7-24-13-26)28-11-18(29-21)10-27-17-4-2-16(3-5-17)25-14-30/h1-9,13,18H,10-12H2/t18-,21-/m1/s1. The van der Waals surface area contributed by atoms with E-state index in [0.29, 0.717) is 41.1 Å². The fraction of sp³-hybridized carbons (Fsp3) is 0.238. The first kappa shape index (κ1) is 21.0. The number of hydrogen-bond acceptors (Lipinski definition) is 6. The highest BCUT2D eigenvalue weighted by Crippen LogP contribution is 2.40. The SMILES string of the molecule is S=C=Nc1ccc(OC[C@@H]2CO[C@@](Cn3ccnc3)(c3ccc(Cl)cc3Cl)O2)cc1. The lowest BCUT2D eigenvalue weighted by molar-refractivity contribution is -0.189. The van der Waals surface area contributed by atoms with Crippen LogP contribution in [0.15, 0.2) is 66.2 Å². The largest absolute Gasteiger partial charge is 0.491 e. The van der Waals surface area contributed by atoms with Crippen molar-refractivity contribution in [2.24, 2.45) is 4.99 Å². The normalized spacial score (nSPS) is 20.7. The van der Waals surface area contributed by atoms with Gasteiger partial charge in [-0.3, -0.25) is 0 Å². The van der Waals surface area contributed by atoms with Crippen molar-refractivity contribution >= 4 is 46.3 Å². The van der Waals surface area contributed by atoms with Crippen LogP contribution in [-0.2, 0) is 21.8 Å². The summed E-state index contributed by atoms with van der Waals surface area (Å²) >= 11 is 17.2. The van der Waals surface area contributed by atoms with Gasteiger partial charge < -0.3 is 18.8 Å². The van der Waals surface area contributed by atoms with Gasteiger partial charge in [0.2, 0.25) is 5.79 Å². The molecule has 0 aliphatic carbocycles. The van der Waals surface area contributed by atoms with Gasteiger partial charge in [0.1, 0.15) is 18.5 Å². The van der Waals surface area contributed by atoms with Crippen LogP contribution in [0.2, 0.25) is 10.0 Å². The third-order valence-electron chi connectivity index (χ3n) is 4.60. The van der Waals surface area contributed by atoms with Gasteiger partial charge in [0.05, 0.1) is 35.4 Å². The molecule has 0 N–H and O–H groups in total. The van der Waals surface area contributed by atoms with E-state index < -0.39 is 5.79 Å². The Bertz CT molecular complexity index is 1060. The highest BCUT2D eigenvalue weighted by Gasteiger charge is 2.45. The Hall–Kier alpha value is -2.25. The van der Waals surface area contributed by atoms with Crippen molar-refractivity contribution in [3.63, 3.8) is 0 Å². The molecule has 0 amide bonds. The van der Waals surface area contributed by atoms with Crippen LogP contribution in [0.5, 0.6) is 5.75 Å². The molecule has 0 bridgehead atoms. The second-order valence-corrected chi connectivity index (χ2v) is 7.70. The van der Waals surface area contributed by atoms with Crippen molar-refractivity contribution in [3.05, 3.63) is 76.8 Å². The van der Waals surface area contributed by atoms with Crippen molar-refractivity contribution in [3.8, 4) is 5.75 Å². The summed E-state index contributed by atoms with van der Waals surface area (Å²) in [5, 5.41) is 3.35. The van der Waals surface area contributed by atoms with Gasteiger partial charge >= 0.3 is 0 Å². The summed E-state index contributed by atoms with van der Waals surface area (Å²) in [4.78, 5) is 8.02. The van der Waals surface area contributed by atoms with Gasteiger partial charge in [0, 0.05) is 23.0 Å². The van der Waals surface area contributed by atoms with E-state index in [4.69, 9.17) is 37.4 Å². The van der Waals surface area contributed by atoms with Gasteiger partial charge in [0.15, 0.2) is 0 Å². The van der Waals surface area contributed by atoms with E-state index in [2.05, 4.69) is 27.4 Å². The van der Waals surface area contributed by atoms with Crippen LogP contribution in [0.3, 0.4) is 0 Å². The van der Waals surface area contributed by atoms with Crippen molar-refractivity contribution in [2.75, 3.05) is 13.2 Å². The molecule has 0 radical (unpaired) electrons. The monoisotopic (exact) mass is 461 g/mol. The van der Waals surface area contributed by atoms with Gasteiger partial charge in [-0.05, 0) is 48.6 Å². The van der Waals surface area contributed by atoms with Crippen LogP contribution in [-0.4, -0.2) is 34.0 Å². The summed E-state index contributed by atoms with van der Waals surface area (Å²) in [6.45, 7) is 1.04. The van der Waals surface area contributed by atoms with Crippen LogP contribution in [0.1, 0.15) is 5.56 Å². The van der Waals surface area contributed by atoms with Crippen LogP contribution < -0.4 is 4.74 Å². The highest BCUT2D eigenvalue weighted by atomic mass is 35.5. The average Bonchev–Trinajstić information content (AvgIpc) is 3.38. The van der Waals surface area contributed by atoms with E-state index in [1.165, 1.54) is 0 Å². The molecule has 1 aromatic heterocycles. The topological polar surface area (TPSA) is 57.9 Å². The number of aliphatic imine (C=N–C) groups is 1. The molecule has 1 aliphatic rings. The highest BCUT2D eigenvalue weighted by molar-refractivity contribution is 7.78. The third kappa shape index (κ3) is 4.73. The Morgan fingerprint density at radius 1 is 1.27 bits per heavy atom. The lowest BCUT2D eigenvalue weighted by atomic mass is 10.1. The van der Waals surface area contributed by atoms with Gasteiger partial charge in [0.25, 0.3) is 0 Å². The Kier molecular flexibility index (Phi) is 6.49. The number of thiocarbonyl (C=S) groups is 1. The number of imidazole rings is 1. The zero-order valence-electron chi connectivity index (χ0n) is 15.7. The molecule has 2 heterocycles. The van der Waals surface area contributed by atoms with Gasteiger partial charge in [-0.15, -0.1) is 0 Å². The van der Waals surface area contributed by atoms with Crippen LogP contribution in [0.25, 0.3) is 0 Å². The molecule has 3 aromatic rings. The molecule has 1 aliphatic heterocycles. The van der Waals surface area contributed by atoms with Crippen molar-refractivity contribution < 1.29 is 14.2 Å². The molecular weight excluding hydrogens is 445 g/mol. The number of halogens is 2. The first-order valence-corrected chi connectivity index (χ1v) is 10.3. The van der Waals surface area contributed by atoms with Crippen molar-refractivity contribution in [1.29, 1.82) is 0 Å². The van der Waals surface area contributed by atoms with Gasteiger partial charge in [-0.1, -0.05) is 29.3 Å². The Balaban J connectivity index is 1.50. The summed E-state index contributed by atoms with van der Waals surface area (Å²) in [6, 6.07) is 12.5. The van der Waals surface area contributed by atoms with Gasteiger partial charge in [-0.25, -0.2) is 4.98 Å². The number of rotatable bonds is 7. The Labute approximate surface area is 189 Å². The summed E-state index contributed by atoms with van der Waals surface area (Å²) in [7, 11) is 0. The molecule has 2 atom stereocenters. The summed E-state index contributed by atoms with van der Waals surface area (Å²) in [5.74, 6) is -0.382. The van der Waals surface area contributed by atoms with E-state index in [1.54, 1.807) is 36.8 Å². The van der Waals surface area contributed by atoms with E-state index in [0.717, 1.165) is 5.69 Å². The quantitative estimate of drug-likeness (QED) is 0.354. The van der Waals surface area contributed by atoms with E-state index >= 15 is 0 Å². The van der Waals surface area contributed by atoms with Crippen molar-refractivity contribution in [1.82, 2.24) is 9.55 Å². The molecule has 4 rings (SSSR count). The lowest BCUT2D eigenvalue weighted by Gasteiger charge is -2.30. The smallest absolute Gasteiger partial charge is 0.215 e. The predicted molar refractivity (Wildman–Crippen MR) is 118 cm³/mol. The predicted octanol–water partition coefficient (Wildman–Crippen LogP) is 5.27. The fourth-order valence-electron chi connectivity index (χ4n) is 3.23. The zero-order chi connectivity index (χ0) is 21.0. The van der Waals surface area contributed by atoms with E-state index in [-0.39, 0.29) is 6.10 Å². The molecule has 6 nitrogen and oxygen atoms in total. The minimum absolute atomic E-state index is 0.293. The fourth-order valence-corrected chi connectivity index (χ4v) is 3.89. The Morgan fingerprint density at radius 3 is 2.80 bits per heavy atom. The molecule has 2 aromatic carbocycles. The number of benzene rings is 2. The van der Waals surface area contributed by atoms with Crippen LogP contribution >= 0.6 is 35.4 Å². The Morgan fingerprint density at radius 2 is 2.10 bits per heavy atom. The number of aromatic nitrogens is 2. The summed E-state index contributed by atoms with van der Waals surface area (Å²) < 4.78 is 20.3. The first-order valence-electron chi connectivity index (χ1n) is 9.12. The maximum atomic E-state index is 6.48. The van der Waals surface area contributed by atoms with E-state index in [9.17, 15) is 0 Å². The molecule has 30 heavy (non-hydrogen) atoms. The molecule has 9 heteroatoms. The zero-order valence-corrected chi connectivity index (χ0v) is 18.0. The maximum absolute atomic E-state index is 6.48. The van der Waals surface area contributed by atoms with Crippen molar-refractivity contribution in [2.45, 2.75) is 18.4 Å².